The van der Waals surface area contributed by atoms with Crippen molar-refractivity contribution in [3.63, 3.8) is 0 Å². The lowest BCUT2D eigenvalue weighted by Crippen LogP contribution is -1.88. The molecule has 0 spiro atoms. The molecule has 0 atom stereocenters. The van der Waals surface area contributed by atoms with Crippen LogP contribution in [-0.4, -0.2) is 0 Å². The van der Waals surface area contributed by atoms with Crippen LogP contribution in [0.2, 0.25) is 5.02 Å². The maximum absolute atomic E-state index is 14.0. The van der Waals surface area contributed by atoms with E-state index in [1.807, 2.05) is 18.2 Å². The average Bonchev–Trinajstić information content (AvgIpc) is 2.61. The van der Waals surface area contributed by atoms with E-state index in [1.165, 1.54) is 11.1 Å². The standard InChI is InChI=1S/C22H20ClF/c1-3-4-16-6-8-17(9-7-16)18-10-12-19(13-11-18)20-14-5-15(2)22(24)21(20)23/h5-14H,3-4H2,1-2H3. The molecular formula is C22H20ClF. The largest absolute Gasteiger partial charge is 0.205 e. The Labute approximate surface area is 147 Å². The fourth-order valence-electron chi connectivity index (χ4n) is 2.86. The zero-order chi connectivity index (χ0) is 17.1. The zero-order valence-corrected chi connectivity index (χ0v) is 14.7. The van der Waals surface area contributed by atoms with Gasteiger partial charge >= 0.3 is 0 Å². The van der Waals surface area contributed by atoms with E-state index in [4.69, 9.17) is 11.6 Å². The summed E-state index contributed by atoms with van der Waals surface area (Å²) in [5.41, 5.74) is 5.90. The van der Waals surface area contributed by atoms with Crippen molar-refractivity contribution < 1.29 is 4.39 Å². The molecule has 0 aliphatic carbocycles. The summed E-state index contributed by atoms with van der Waals surface area (Å²) in [4.78, 5) is 0. The molecule has 0 saturated heterocycles. The van der Waals surface area contributed by atoms with Gasteiger partial charge < -0.3 is 0 Å². The van der Waals surface area contributed by atoms with E-state index in [0.29, 0.717) is 5.56 Å². The van der Waals surface area contributed by atoms with E-state index in [0.717, 1.165) is 29.5 Å². The maximum Gasteiger partial charge on any atom is 0.145 e. The molecule has 0 N–H and O–H groups in total. The Hall–Kier alpha value is -2.12. The maximum atomic E-state index is 14.0. The van der Waals surface area contributed by atoms with Crippen molar-refractivity contribution in [3.8, 4) is 22.3 Å². The van der Waals surface area contributed by atoms with E-state index in [-0.39, 0.29) is 10.8 Å². The molecule has 0 radical (unpaired) electrons. The molecule has 0 nitrogen and oxygen atoms in total. The highest BCUT2D eigenvalue weighted by Gasteiger charge is 2.10. The number of aryl methyl sites for hydroxylation is 2. The molecule has 0 amide bonds. The van der Waals surface area contributed by atoms with Gasteiger partial charge in [0.15, 0.2) is 0 Å². The van der Waals surface area contributed by atoms with Crippen LogP contribution in [0, 0.1) is 12.7 Å². The van der Waals surface area contributed by atoms with Gasteiger partial charge in [0.1, 0.15) is 5.82 Å². The minimum absolute atomic E-state index is 0.187. The Morgan fingerprint density at radius 2 is 1.33 bits per heavy atom. The summed E-state index contributed by atoms with van der Waals surface area (Å²) < 4.78 is 14.0. The molecule has 24 heavy (non-hydrogen) atoms. The molecule has 0 saturated carbocycles. The van der Waals surface area contributed by atoms with E-state index in [1.54, 1.807) is 13.0 Å². The lowest BCUT2D eigenvalue weighted by Gasteiger charge is -2.09. The van der Waals surface area contributed by atoms with Crippen molar-refractivity contribution in [2.45, 2.75) is 26.7 Å². The van der Waals surface area contributed by atoms with Crippen molar-refractivity contribution in [1.82, 2.24) is 0 Å². The van der Waals surface area contributed by atoms with E-state index in [9.17, 15) is 4.39 Å². The number of rotatable bonds is 4. The van der Waals surface area contributed by atoms with Gasteiger partial charge in [-0.05, 0) is 41.2 Å². The lowest BCUT2D eigenvalue weighted by atomic mass is 9.98. The predicted molar refractivity (Wildman–Crippen MR) is 101 cm³/mol. The Balaban J connectivity index is 1.89. The van der Waals surface area contributed by atoms with Crippen molar-refractivity contribution in [3.05, 3.63) is 82.6 Å². The van der Waals surface area contributed by atoms with Crippen molar-refractivity contribution in [1.29, 1.82) is 0 Å². The summed E-state index contributed by atoms with van der Waals surface area (Å²) in [5.74, 6) is -0.343. The normalized spacial score (nSPS) is 10.8. The van der Waals surface area contributed by atoms with Gasteiger partial charge in [0.05, 0.1) is 5.02 Å². The van der Waals surface area contributed by atoms with E-state index in [2.05, 4.69) is 43.3 Å². The Morgan fingerprint density at radius 1 is 0.792 bits per heavy atom. The van der Waals surface area contributed by atoms with Crippen LogP contribution in [-0.2, 0) is 6.42 Å². The molecule has 3 aromatic rings. The van der Waals surface area contributed by atoms with Crippen LogP contribution >= 0.6 is 11.6 Å². The highest BCUT2D eigenvalue weighted by atomic mass is 35.5. The number of hydrogen-bond donors (Lipinski definition) is 0. The molecule has 2 heteroatoms. The molecular weight excluding hydrogens is 319 g/mol. The number of halogens is 2. The fraction of sp³-hybridized carbons (Fsp3) is 0.182. The predicted octanol–water partition coefficient (Wildman–Crippen LogP) is 7.07. The molecule has 0 bridgehead atoms. The second-order valence-corrected chi connectivity index (χ2v) is 6.46. The Morgan fingerprint density at radius 3 is 1.92 bits per heavy atom. The summed E-state index contributed by atoms with van der Waals surface area (Å²) in [7, 11) is 0. The molecule has 0 aliphatic heterocycles. The topological polar surface area (TPSA) is 0 Å². The third kappa shape index (κ3) is 3.37. The first-order chi connectivity index (χ1) is 11.6. The van der Waals surface area contributed by atoms with Gasteiger partial charge in [-0.3, -0.25) is 0 Å². The molecule has 0 heterocycles. The highest BCUT2D eigenvalue weighted by molar-refractivity contribution is 6.33. The molecule has 3 aromatic carbocycles. The Kier molecular flexibility index (Phi) is 5.01. The van der Waals surface area contributed by atoms with Crippen LogP contribution in [0.4, 0.5) is 4.39 Å². The first-order valence-electron chi connectivity index (χ1n) is 8.24. The molecule has 0 aliphatic rings. The third-order valence-electron chi connectivity index (χ3n) is 4.30. The molecule has 0 fully saturated rings. The molecule has 0 unspecified atom stereocenters. The summed E-state index contributed by atoms with van der Waals surface area (Å²) in [6.45, 7) is 3.90. The first kappa shape index (κ1) is 16.7. The second-order valence-electron chi connectivity index (χ2n) is 6.08. The van der Waals surface area contributed by atoms with E-state index >= 15 is 0 Å². The van der Waals surface area contributed by atoms with Gasteiger partial charge in [0.2, 0.25) is 0 Å². The zero-order valence-electron chi connectivity index (χ0n) is 13.9. The number of benzene rings is 3. The minimum atomic E-state index is -0.343. The van der Waals surface area contributed by atoms with Crippen LogP contribution in [0.15, 0.2) is 60.7 Å². The van der Waals surface area contributed by atoms with Gasteiger partial charge in [-0.1, -0.05) is 85.6 Å². The lowest BCUT2D eigenvalue weighted by molar-refractivity contribution is 0.619. The smallest absolute Gasteiger partial charge is 0.145 e. The summed E-state index contributed by atoms with van der Waals surface area (Å²) in [5, 5.41) is 0.187. The summed E-state index contributed by atoms with van der Waals surface area (Å²) >= 11 is 6.16. The van der Waals surface area contributed by atoms with Crippen LogP contribution in [0.3, 0.4) is 0 Å². The van der Waals surface area contributed by atoms with Crippen LogP contribution in [0.25, 0.3) is 22.3 Å². The Bertz CT molecular complexity index is 833. The van der Waals surface area contributed by atoms with Crippen LogP contribution < -0.4 is 0 Å². The summed E-state index contributed by atoms with van der Waals surface area (Å²) in [6.07, 6.45) is 2.26. The van der Waals surface area contributed by atoms with Crippen molar-refractivity contribution >= 4 is 11.6 Å². The fourth-order valence-corrected chi connectivity index (χ4v) is 3.18. The van der Waals surface area contributed by atoms with Crippen molar-refractivity contribution in [2.75, 3.05) is 0 Å². The number of hydrogen-bond acceptors (Lipinski definition) is 0. The molecule has 122 valence electrons. The molecule has 3 rings (SSSR count). The van der Waals surface area contributed by atoms with E-state index < -0.39 is 0 Å². The molecule has 0 aromatic heterocycles. The van der Waals surface area contributed by atoms with Crippen molar-refractivity contribution in [2.24, 2.45) is 0 Å². The second kappa shape index (κ2) is 7.19. The summed E-state index contributed by atoms with van der Waals surface area (Å²) in [6, 6.07) is 20.4. The average molecular weight is 339 g/mol. The minimum Gasteiger partial charge on any atom is -0.205 e. The quantitative estimate of drug-likeness (QED) is 0.477. The SMILES string of the molecule is CCCc1ccc(-c2ccc(-c3ccc(C)c(F)c3Cl)cc2)cc1. The first-order valence-corrected chi connectivity index (χ1v) is 8.62. The van der Waals surface area contributed by atoms with Gasteiger partial charge in [-0.2, -0.15) is 0 Å². The highest BCUT2D eigenvalue weighted by Crippen LogP contribution is 2.33. The van der Waals surface area contributed by atoms with Gasteiger partial charge in [-0.25, -0.2) is 4.39 Å². The van der Waals surface area contributed by atoms with Gasteiger partial charge in [-0.15, -0.1) is 0 Å². The van der Waals surface area contributed by atoms with Crippen LogP contribution in [0.5, 0.6) is 0 Å². The third-order valence-corrected chi connectivity index (χ3v) is 4.67. The van der Waals surface area contributed by atoms with Gasteiger partial charge in [0.25, 0.3) is 0 Å². The van der Waals surface area contributed by atoms with Crippen LogP contribution in [0.1, 0.15) is 24.5 Å². The van der Waals surface area contributed by atoms with Gasteiger partial charge in [0, 0.05) is 5.56 Å². The monoisotopic (exact) mass is 338 g/mol.